The summed E-state index contributed by atoms with van der Waals surface area (Å²) >= 11 is 4.95. The van der Waals surface area contributed by atoms with Crippen molar-refractivity contribution in [2.45, 2.75) is 13.5 Å². The van der Waals surface area contributed by atoms with E-state index in [1.165, 1.54) is 11.3 Å². The van der Waals surface area contributed by atoms with Crippen LogP contribution in [0.15, 0.2) is 33.6 Å². The van der Waals surface area contributed by atoms with Crippen molar-refractivity contribution >= 4 is 33.2 Å². The topological polar surface area (TPSA) is 33.2 Å². The number of rotatable bonds is 3. The molecule has 0 atom stereocenters. The number of amides is 1. The van der Waals surface area contributed by atoms with E-state index in [0.29, 0.717) is 12.1 Å². The van der Waals surface area contributed by atoms with E-state index in [0.717, 1.165) is 15.7 Å². The van der Waals surface area contributed by atoms with Gasteiger partial charge in [-0.1, -0.05) is 11.6 Å². The van der Waals surface area contributed by atoms with Gasteiger partial charge in [0.1, 0.15) is 0 Å². The second-order valence-corrected chi connectivity index (χ2v) is 5.70. The van der Waals surface area contributed by atoms with Gasteiger partial charge in [0.25, 0.3) is 5.91 Å². The summed E-state index contributed by atoms with van der Waals surface area (Å²) in [7, 11) is 1.79. The summed E-state index contributed by atoms with van der Waals surface area (Å²) in [5.74, 6) is -0.00132. The summed E-state index contributed by atoms with van der Waals surface area (Å²) in [5, 5.41) is 1.95. The van der Waals surface area contributed by atoms with Crippen LogP contribution in [0.2, 0.25) is 0 Å². The zero-order valence-corrected chi connectivity index (χ0v) is 12.6. The van der Waals surface area contributed by atoms with E-state index < -0.39 is 0 Å². The molecule has 2 rings (SSSR count). The molecule has 0 bridgehead atoms. The molecule has 0 aliphatic heterocycles. The van der Waals surface area contributed by atoms with Crippen LogP contribution in [0.1, 0.15) is 21.6 Å². The Hall–Kier alpha value is -1.20. The molecular weight excluding hydrogens is 312 g/mol. The summed E-state index contributed by atoms with van der Waals surface area (Å²) < 4.78 is 0.822. The second kappa shape index (κ2) is 5.63. The van der Waals surface area contributed by atoms with E-state index >= 15 is 0 Å². The number of carbonyl (C=O) groups excluding carboxylic acids is 1. The highest BCUT2D eigenvalue weighted by atomic mass is 79.9. The summed E-state index contributed by atoms with van der Waals surface area (Å²) in [6.45, 7) is 2.51. The summed E-state index contributed by atoms with van der Waals surface area (Å²) in [6.07, 6.45) is 0. The Bertz CT molecular complexity index is 554. The predicted molar refractivity (Wildman–Crippen MR) is 76.8 cm³/mol. The van der Waals surface area contributed by atoms with Crippen LogP contribution < -0.4 is 0 Å². The zero-order valence-electron chi connectivity index (χ0n) is 10.2. The fourth-order valence-corrected chi connectivity index (χ4v) is 2.60. The third kappa shape index (κ3) is 2.97. The average Bonchev–Trinajstić information content (AvgIpc) is 2.84. The van der Waals surface area contributed by atoms with Crippen molar-refractivity contribution < 1.29 is 4.79 Å². The molecule has 0 aliphatic rings. The normalized spacial score (nSPS) is 10.4. The Morgan fingerprint density at radius 3 is 2.94 bits per heavy atom. The number of nitrogens with zero attached hydrogens (tertiary/aromatic N) is 2. The van der Waals surface area contributed by atoms with E-state index in [1.807, 2.05) is 30.5 Å². The van der Waals surface area contributed by atoms with Crippen molar-refractivity contribution in [1.29, 1.82) is 0 Å². The van der Waals surface area contributed by atoms with Gasteiger partial charge in [0.2, 0.25) is 0 Å². The molecular formula is C13H13BrN2OS. The highest BCUT2D eigenvalue weighted by Crippen LogP contribution is 2.20. The Balaban J connectivity index is 2.17. The van der Waals surface area contributed by atoms with Gasteiger partial charge in [-0.3, -0.25) is 4.79 Å². The molecule has 0 fully saturated rings. The van der Waals surface area contributed by atoms with Crippen molar-refractivity contribution in [2.75, 3.05) is 7.05 Å². The summed E-state index contributed by atoms with van der Waals surface area (Å²) in [6, 6.07) is 5.77. The van der Waals surface area contributed by atoms with Gasteiger partial charge in [0.15, 0.2) is 0 Å². The average molecular weight is 325 g/mol. The number of halogens is 1. The van der Waals surface area contributed by atoms with Crippen LogP contribution in [-0.4, -0.2) is 22.8 Å². The van der Waals surface area contributed by atoms with Crippen molar-refractivity contribution in [3.8, 4) is 0 Å². The van der Waals surface area contributed by atoms with Crippen LogP contribution in [0, 0.1) is 6.92 Å². The van der Waals surface area contributed by atoms with Crippen molar-refractivity contribution in [1.82, 2.24) is 9.88 Å². The van der Waals surface area contributed by atoms with Gasteiger partial charge in [-0.25, -0.2) is 4.98 Å². The minimum absolute atomic E-state index is 0.00132. The molecule has 0 saturated carbocycles. The first-order valence-corrected chi connectivity index (χ1v) is 7.20. The smallest absolute Gasteiger partial charge is 0.255 e. The van der Waals surface area contributed by atoms with E-state index in [-0.39, 0.29) is 5.91 Å². The number of carbonyl (C=O) groups is 1. The number of aryl methyl sites for hydroxylation is 1. The fourth-order valence-electron chi connectivity index (χ4n) is 1.64. The molecule has 0 saturated heterocycles. The number of benzene rings is 1. The third-order valence-corrected chi connectivity index (χ3v) is 3.91. The van der Waals surface area contributed by atoms with Crippen LogP contribution in [0.5, 0.6) is 0 Å². The molecule has 0 radical (unpaired) electrons. The Morgan fingerprint density at radius 2 is 2.28 bits per heavy atom. The monoisotopic (exact) mass is 324 g/mol. The second-order valence-electron chi connectivity index (χ2n) is 4.12. The van der Waals surface area contributed by atoms with Crippen molar-refractivity contribution in [3.05, 3.63) is 50.4 Å². The SMILES string of the molecule is Cc1ccc(Br)c(C(=O)N(C)Cc2cscn2)c1. The first-order chi connectivity index (χ1) is 8.58. The molecule has 1 aromatic carbocycles. The van der Waals surface area contributed by atoms with Gasteiger partial charge >= 0.3 is 0 Å². The summed E-state index contributed by atoms with van der Waals surface area (Å²) in [5.41, 5.74) is 4.45. The molecule has 18 heavy (non-hydrogen) atoms. The molecule has 0 spiro atoms. The first-order valence-electron chi connectivity index (χ1n) is 5.46. The molecule has 0 N–H and O–H groups in total. The molecule has 94 valence electrons. The van der Waals surface area contributed by atoms with Crippen LogP contribution in [0.25, 0.3) is 0 Å². The van der Waals surface area contributed by atoms with E-state index in [1.54, 1.807) is 17.5 Å². The Labute approximate surface area is 119 Å². The van der Waals surface area contributed by atoms with Crippen molar-refractivity contribution in [3.63, 3.8) is 0 Å². The van der Waals surface area contributed by atoms with E-state index in [2.05, 4.69) is 20.9 Å². The fraction of sp³-hybridized carbons (Fsp3) is 0.231. The Kier molecular flexibility index (Phi) is 4.14. The van der Waals surface area contributed by atoms with Gasteiger partial charge in [0, 0.05) is 16.9 Å². The van der Waals surface area contributed by atoms with Crippen molar-refractivity contribution in [2.24, 2.45) is 0 Å². The largest absolute Gasteiger partial charge is 0.336 e. The van der Waals surface area contributed by atoms with Crippen LogP contribution in [0.4, 0.5) is 0 Å². The lowest BCUT2D eigenvalue weighted by atomic mass is 10.1. The predicted octanol–water partition coefficient (Wildman–Crippen LogP) is 3.49. The maximum absolute atomic E-state index is 12.3. The van der Waals surface area contributed by atoms with Crippen LogP contribution >= 0.6 is 27.3 Å². The number of aromatic nitrogens is 1. The maximum atomic E-state index is 12.3. The molecule has 1 aromatic heterocycles. The molecule has 1 amide bonds. The maximum Gasteiger partial charge on any atom is 0.255 e. The first kappa shape index (κ1) is 13.2. The standard InChI is InChI=1S/C13H13BrN2OS/c1-9-3-4-12(14)11(5-9)13(17)16(2)6-10-7-18-8-15-10/h3-5,7-8H,6H2,1-2H3. The van der Waals surface area contributed by atoms with Crippen LogP contribution in [-0.2, 0) is 6.54 Å². The molecule has 2 aromatic rings. The minimum Gasteiger partial charge on any atom is -0.336 e. The quantitative estimate of drug-likeness (QED) is 0.865. The van der Waals surface area contributed by atoms with Gasteiger partial charge in [0.05, 0.1) is 23.3 Å². The zero-order chi connectivity index (χ0) is 13.1. The lowest BCUT2D eigenvalue weighted by molar-refractivity contribution is 0.0782. The molecule has 0 unspecified atom stereocenters. The highest BCUT2D eigenvalue weighted by molar-refractivity contribution is 9.10. The molecule has 0 aliphatic carbocycles. The van der Waals surface area contributed by atoms with Gasteiger partial charge in [-0.05, 0) is 35.0 Å². The molecule has 5 heteroatoms. The number of hydrogen-bond acceptors (Lipinski definition) is 3. The number of hydrogen-bond donors (Lipinski definition) is 0. The van der Waals surface area contributed by atoms with Crippen LogP contribution in [0.3, 0.4) is 0 Å². The van der Waals surface area contributed by atoms with E-state index in [4.69, 9.17) is 0 Å². The van der Waals surface area contributed by atoms with Gasteiger partial charge in [-0.15, -0.1) is 11.3 Å². The highest BCUT2D eigenvalue weighted by Gasteiger charge is 2.15. The lowest BCUT2D eigenvalue weighted by Gasteiger charge is -2.17. The summed E-state index contributed by atoms with van der Waals surface area (Å²) in [4.78, 5) is 18.2. The third-order valence-electron chi connectivity index (χ3n) is 2.58. The molecule has 3 nitrogen and oxygen atoms in total. The van der Waals surface area contributed by atoms with E-state index in [9.17, 15) is 4.79 Å². The number of thiazole rings is 1. The minimum atomic E-state index is -0.00132. The molecule has 1 heterocycles. The lowest BCUT2D eigenvalue weighted by Crippen LogP contribution is -2.26. The van der Waals surface area contributed by atoms with Gasteiger partial charge < -0.3 is 4.90 Å². The Morgan fingerprint density at radius 1 is 1.50 bits per heavy atom. The van der Waals surface area contributed by atoms with Gasteiger partial charge in [-0.2, -0.15) is 0 Å².